The van der Waals surface area contributed by atoms with Crippen LogP contribution in [-0.4, -0.2) is 67.7 Å². The van der Waals surface area contributed by atoms with Gasteiger partial charge in [0, 0.05) is 39.4 Å². The molecule has 6 rings (SSSR count). The van der Waals surface area contributed by atoms with Gasteiger partial charge in [0.15, 0.2) is 17.3 Å². The first kappa shape index (κ1) is 23.3. The summed E-state index contributed by atoms with van der Waals surface area (Å²) in [6, 6.07) is 5.38. The lowest BCUT2D eigenvalue weighted by molar-refractivity contribution is 0.0273. The van der Waals surface area contributed by atoms with Gasteiger partial charge < -0.3 is 25.7 Å². The van der Waals surface area contributed by atoms with Gasteiger partial charge >= 0.3 is 0 Å². The molecule has 4 N–H and O–H groups in total. The summed E-state index contributed by atoms with van der Waals surface area (Å²) in [6.45, 7) is 2.25. The minimum absolute atomic E-state index is 0.0439. The molecule has 2 saturated heterocycles. The molecule has 0 aliphatic carbocycles. The van der Waals surface area contributed by atoms with Gasteiger partial charge in [0.25, 0.3) is 5.91 Å². The van der Waals surface area contributed by atoms with Gasteiger partial charge in [-0.3, -0.25) is 14.7 Å². The number of nitrogens with one attached hydrogen (secondary N) is 2. The van der Waals surface area contributed by atoms with Crippen LogP contribution in [0.15, 0.2) is 36.9 Å². The molecule has 2 aliphatic heterocycles. The van der Waals surface area contributed by atoms with Crippen molar-refractivity contribution in [1.82, 2.24) is 29.4 Å². The molecule has 0 spiro atoms. The number of fused-ring (bicyclic) bond motifs is 3. The number of amides is 1. The Hall–Kier alpha value is -4.16. The van der Waals surface area contributed by atoms with Crippen molar-refractivity contribution in [2.24, 2.45) is 12.8 Å². The first-order valence-corrected chi connectivity index (χ1v) is 12.0. The number of imidazole rings is 1. The largest absolute Gasteiger partial charge is 0.375 e. The number of anilines is 3. The van der Waals surface area contributed by atoms with E-state index in [2.05, 4.69) is 35.5 Å². The Kier molecular flexibility index (Phi) is 5.69. The number of carbonyl (C=O) groups excluding carboxylic acids is 1. The summed E-state index contributed by atoms with van der Waals surface area (Å²) in [4.78, 5) is 32.5. The maximum atomic E-state index is 15.1. The van der Waals surface area contributed by atoms with Crippen molar-refractivity contribution in [1.29, 1.82) is 0 Å². The molecule has 4 aromatic rings. The van der Waals surface area contributed by atoms with E-state index in [1.165, 1.54) is 6.07 Å². The standard InChI is InChI=1S/C25H26FN9O2/c1-28-24-21(16-7-29-8-19-20(16)30-12-34(19)2)32-22(23(27)36)25(33-24)31-18-4-3-13(5-17(18)26)9-35-10-15-6-14(35)11-37-15/h3-5,7-8,12,14-15H,6,9-11H2,1-2H3,(H2,27,36)(H2,28,31,33). The maximum absolute atomic E-state index is 15.1. The number of hydrogen-bond donors (Lipinski definition) is 3. The van der Waals surface area contributed by atoms with Crippen LogP contribution >= 0.6 is 0 Å². The summed E-state index contributed by atoms with van der Waals surface area (Å²) >= 11 is 0. The molecule has 0 radical (unpaired) electrons. The number of nitrogens with two attached hydrogens (primary N) is 1. The van der Waals surface area contributed by atoms with Gasteiger partial charge in [0.1, 0.15) is 17.0 Å². The van der Waals surface area contributed by atoms with Gasteiger partial charge in [-0.15, -0.1) is 0 Å². The molecule has 12 heteroatoms. The Morgan fingerprint density at radius 3 is 2.84 bits per heavy atom. The smallest absolute Gasteiger partial charge is 0.271 e. The Morgan fingerprint density at radius 2 is 2.14 bits per heavy atom. The molecule has 2 bridgehead atoms. The molecular weight excluding hydrogens is 477 g/mol. The molecule has 37 heavy (non-hydrogen) atoms. The number of halogens is 1. The lowest BCUT2D eigenvalue weighted by atomic mass is 10.1. The average Bonchev–Trinajstić information content (AvgIpc) is 3.61. The number of morpholine rings is 1. The minimum Gasteiger partial charge on any atom is -0.375 e. The highest BCUT2D eigenvalue weighted by molar-refractivity contribution is 5.99. The fraction of sp³-hybridized carbons (Fsp3) is 0.320. The van der Waals surface area contributed by atoms with E-state index in [0.717, 1.165) is 30.7 Å². The second kappa shape index (κ2) is 9.05. The number of likely N-dealkylation sites (tertiary alicyclic amines) is 1. The highest BCUT2D eigenvalue weighted by atomic mass is 19.1. The number of benzene rings is 1. The fourth-order valence-corrected chi connectivity index (χ4v) is 5.07. The van der Waals surface area contributed by atoms with Crippen LogP contribution < -0.4 is 16.4 Å². The molecule has 190 valence electrons. The van der Waals surface area contributed by atoms with Crippen molar-refractivity contribution in [3.63, 3.8) is 0 Å². The van der Waals surface area contributed by atoms with Crippen LogP contribution in [0.25, 0.3) is 22.3 Å². The molecule has 0 saturated carbocycles. The number of aromatic nitrogens is 5. The summed E-state index contributed by atoms with van der Waals surface area (Å²) in [6.07, 6.45) is 6.28. The van der Waals surface area contributed by atoms with E-state index in [1.54, 1.807) is 31.8 Å². The van der Waals surface area contributed by atoms with Gasteiger partial charge in [-0.2, -0.15) is 0 Å². The number of primary amides is 1. The molecule has 2 fully saturated rings. The Balaban J connectivity index is 1.32. The fourth-order valence-electron chi connectivity index (χ4n) is 5.07. The summed E-state index contributed by atoms with van der Waals surface area (Å²) in [7, 11) is 3.54. The zero-order valence-corrected chi connectivity index (χ0v) is 20.4. The number of aryl methyl sites for hydroxylation is 1. The monoisotopic (exact) mass is 503 g/mol. The number of carbonyl (C=O) groups is 1. The first-order chi connectivity index (χ1) is 17.9. The van der Waals surface area contributed by atoms with E-state index in [4.69, 9.17) is 10.5 Å². The second-order valence-electron chi connectivity index (χ2n) is 9.36. The van der Waals surface area contributed by atoms with Gasteiger partial charge in [0.2, 0.25) is 0 Å². The highest BCUT2D eigenvalue weighted by Crippen LogP contribution is 2.33. The van der Waals surface area contributed by atoms with Crippen LogP contribution in [0.2, 0.25) is 0 Å². The minimum atomic E-state index is -0.802. The quantitative estimate of drug-likeness (QED) is 0.347. The normalized spacial score (nSPS) is 19.0. The second-order valence-corrected chi connectivity index (χ2v) is 9.36. The number of rotatable bonds is 7. The van der Waals surface area contributed by atoms with Crippen LogP contribution in [0, 0.1) is 5.82 Å². The van der Waals surface area contributed by atoms with E-state index in [1.807, 2.05) is 17.7 Å². The molecule has 2 aliphatic rings. The third-order valence-corrected chi connectivity index (χ3v) is 6.95. The van der Waals surface area contributed by atoms with Gasteiger partial charge in [-0.1, -0.05) is 6.07 Å². The van der Waals surface area contributed by atoms with Crippen molar-refractivity contribution in [3.8, 4) is 11.3 Å². The number of nitrogens with zero attached hydrogens (tertiary/aromatic N) is 6. The third kappa shape index (κ3) is 4.13. The molecule has 5 heterocycles. The molecule has 1 amide bonds. The van der Waals surface area contributed by atoms with E-state index in [-0.39, 0.29) is 23.3 Å². The van der Waals surface area contributed by atoms with Crippen LogP contribution in [-0.2, 0) is 18.3 Å². The molecule has 2 atom stereocenters. The SMILES string of the molecule is CNc1nc(Nc2ccc(CN3CC4CC3CO4)cc2F)c(C(N)=O)nc1-c1cncc2c1ncn2C. The molecule has 11 nitrogen and oxygen atoms in total. The topological polar surface area (TPSA) is 136 Å². The Bertz CT molecular complexity index is 1520. The van der Waals surface area contributed by atoms with Gasteiger partial charge in [-0.25, -0.2) is 19.3 Å². The van der Waals surface area contributed by atoms with Gasteiger partial charge in [0.05, 0.1) is 42.0 Å². The van der Waals surface area contributed by atoms with Crippen molar-refractivity contribution in [3.05, 3.63) is 54.0 Å². The Morgan fingerprint density at radius 1 is 1.27 bits per heavy atom. The predicted octanol–water partition coefficient (Wildman–Crippen LogP) is 2.42. The van der Waals surface area contributed by atoms with E-state index in [9.17, 15) is 4.79 Å². The lowest BCUT2D eigenvalue weighted by Crippen LogP contribution is -2.36. The van der Waals surface area contributed by atoms with Crippen molar-refractivity contribution < 1.29 is 13.9 Å². The third-order valence-electron chi connectivity index (χ3n) is 6.95. The van der Waals surface area contributed by atoms with Crippen LogP contribution in [0.5, 0.6) is 0 Å². The molecule has 3 aromatic heterocycles. The summed E-state index contributed by atoms with van der Waals surface area (Å²) in [5.74, 6) is -0.866. The number of hydrogen-bond acceptors (Lipinski definition) is 9. The van der Waals surface area contributed by atoms with Gasteiger partial charge in [-0.05, 0) is 24.1 Å². The molecule has 2 unspecified atom stereocenters. The zero-order valence-electron chi connectivity index (χ0n) is 20.4. The molecule has 1 aromatic carbocycles. The van der Waals surface area contributed by atoms with Crippen molar-refractivity contribution in [2.45, 2.75) is 25.1 Å². The zero-order chi connectivity index (χ0) is 25.7. The Labute approximate surface area is 211 Å². The lowest BCUT2D eigenvalue weighted by Gasteiger charge is -2.26. The van der Waals surface area contributed by atoms with Crippen LogP contribution in [0.4, 0.5) is 21.7 Å². The number of pyridine rings is 1. The average molecular weight is 504 g/mol. The van der Waals surface area contributed by atoms with E-state index in [0.29, 0.717) is 35.2 Å². The van der Waals surface area contributed by atoms with Crippen molar-refractivity contribution in [2.75, 3.05) is 30.8 Å². The van der Waals surface area contributed by atoms with Crippen molar-refractivity contribution >= 4 is 34.3 Å². The van der Waals surface area contributed by atoms with Crippen LogP contribution in [0.1, 0.15) is 22.5 Å². The van der Waals surface area contributed by atoms with E-state index >= 15 is 4.39 Å². The predicted molar refractivity (Wildman–Crippen MR) is 136 cm³/mol. The maximum Gasteiger partial charge on any atom is 0.271 e. The molecular formula is C25H26FN9O2. The van der Waals surface area contributed by atoms with Crippen LogP contribution in [0.3, 0.4) is 0 Å². The summed E-state index contributed by atoms with van der Waals surface area (Å²) in [5, 5.41) is 5.90. The summed E-state index contributed by atoms with van der Waals surface area (Å²) < 4.78 is 22.6. The summed E-state index contributed by atoms with van der Waals surface area (Å²) in [5.41, 5.74) is 8.94. The number of ether oxygens (including phenoxy) is 1. The van der Waals surface area contributed by atoms with E-state index < -0.39 is 11.7 Å². The highest BCUT2D eigenvalue weighted by Gasteiger charge is 2.38. The first-order valence-electron chi connectivity index (χ1n) is 12.0.